The largest absolute Gasteiger partial charge is 0.338 e. The molecule has 6 nitrogen and oxygen atoms in total. The highest BCUT2D eigenvalue weighted by atomic mass is 16.5. The van der Waals surface area contributed by atoms with Gasteiger partial charge in [-0.05, 0) is 21.0 Å². The van der Waals surface area contributed by atoms with Crippen LogP contribution in [0.1, 0.15) is 30.7 Å². The van der Waals surface area contributed by atoms with E-state index in [0.717, 1.165) is 25.5 Å². The number of aromatic nitrogens is 2. The van der Waals surface area contributed by atoms with Gasteiger partial charge in [-0.25, -0.2) is 0 Å². The summed E-state index contributed by atoms with van der Waals surface area (Å²) in [4.78, 5) is 8.86. The minimum absolute atomic E-state index is 0.201. The molecule has 0 bridgehead atoms. The molecule has 16 heavy (non-hydrogen) atoms. The van der Waals surface area contributed by atoms with Crippen LogP contribution >= 0.6 is 0 Å². The molecule has 6 heteroatoms. The van der Waals surface area contributed by atoms with E-state index in [9.17, 15) is 0 Å². The second-order valence-corrected chi connectivity index (χ2v) is 4.54. The summed E-state index contributed by atoms with van der Waals surface area (Å²) in [7, 11) is 4.19. The van der Waals surface area contributed by atoms with E-state index >= 15 is 0 Å². The summed E-state index contributed by atoms with van der Waals surface area (Å²) >= 11 is 0. The zero-order valence-corrected chi connectivity index (χ0v) is 10.1. The Labute approximate surface area is 95.4 Å². The van der Waals surface area contributed by atoms with E-state index in [1.807, 2.05) is 6.92 Å². The molecule has 0 saturated carbocycles. The molecule has 90 valence electrons. The Morgan fingerprint density at radius 2 is 2.19 bits per heavy atom. The number of nitrogens with two attached hydrogens (primary N) is 1. The van der Waals surface area contributed by atoms with Gasteiger partial charge < -0.3 is 15.2 Å². The minimum Gasteiger partial charge on any atom is -0.338 e. The van der Waals surface area contributed by atoms with Gasteiger partial charge in [-0.1, -0.05) is 5.16 Å². The predicted molar refractivity (Wildman–Crippen MR) is 59.8 cm³/mol. The maximum atomic E-state index is 5.70. The van der Waals surface area contributed by atoms with Crippen molar-refractivity contribution in [1.82, 2.24) is 19.9 Å². The summed E-state index contributed by atoms with van der Waals surface area (Å²) in [6, 6.07) is 0.00266. The van der Waals surface area contributed by atoms with E-state index in [1.54, 1.807) is 0 Å². The highest BCUT2D eigenvalue weighted by Gasteiger charge is 2.28. The first kappa shape index (κ1) is 11.5. The minimum atomic E-state index is -0.201. The van der Waals surface area contributed by atoms with Crippen LogP contribution in [0.25, 0.3) is 0 Å². The lowest BCUT2D eigenvalue weighted by Gasteiger charge is -2.35. The summed E-state index contributed by atoms with van der Waals surface area (Å²) in [6.07, 6.45) is 0. The fraction of sp³-hybridized carbons (Fsp3) is 0.800. The lowest BCUT2D eigenvalue weighted by Crippen LogP contribution is -2.45. The van der Waals surface area contributed by atoms with Crippen molar-refractivity contribution in [2.45, 2.75) is 19.0 Å². The van der Waals surface area contributed by atoms with Crippen LogP contribution in [-0.4, -0.2) is 53.7 Å². The van der Waals surface area contributed by atoms with Gasteiger partial charge in [0.1, 0.15) is 0 Å². The Kier molecular flexibility index (Phi) is 3.22. The number of nitrogens with zero attached hydrogens (tertiary/aromatic N) is 4. The van der Waals surface area contributed by atoms with Crippen molar-refractivity contribution in [2.75, 3.05) is 33.7 Å². The Bertz CT molecular complexity index is 351. The molecule has 0 radical (unpaired) electrons. The van der Waals surface area contributed by atoms with Crippen molar-refractivity contribution in [3.63, 3.8) is 0 Å². The summed E-state index contributed by atoms with van der Waals surface area (Å²) < 4.78 is 5.13. The van der Waals surface area contributed by atoms with Gasteiger partial charge in [0, 0.05) is 19.6 Å². The van der Waals surface area contributed by atoms with Gasteiger partial charge in [0.25, 0.3) is 0 Å². The van der Waals surface area contributed by atoms with E-state index in [-0.39, 0.29) is 12.1 Å². The molecule has 0 amide bonds. The van der Waals surface area contributed by atoms with Gasteiger partial charge >= 0.3 is 0 Å². The van der Waals surface area contributed by atoms with Crippen LogP contribution in [0.5, 0.6) is 0 Å². The molecule has 0 spiro atoms. The SMILES string of the molecule is CC(N)c1nc(C2CN(C)CCN2C)no1. The molecule has 1 aromatic rings. The van der Waals surface area contributed by atoms with Crippen LogP contribution in [0.3, 0.4) is 0 Å². The molecule has 2 rings (SSSR count). The van der Waals surface area contributed by atoms with Gasteiger partial charge in [-0.2, -0.15) is 4.98 Å². The van der Waals surface area contributed by atoms with Crippen molar-refractivity contribution in [2.24, 2.45) is 5.73 Å². The van der Waals surface area contributed by atoms with Gasteiger partial charge in [0.2, 0.25) is 5.89 Å². The summed E-state index contributed by atoms with van der Waals surface area (Å²) in [5.41, 5.74) is 5.70. The lowest BCUT2D eigenvalue weighted by atomic mass is 10.2. The molecule has 2 unspecified atom stereocenters. The molecule has 0 aromatic carbocycles. The van der Waals surface area contributed by atoms with E-state index < -0.39 is 0 Å². The second-order valence-electron chi connectivity index (χ2n) is 4.54. The zero-order chi connectivity index (χ0) is 11.7. The van der Waals surface area contributed by atoms with Crippen molar-refractivity contribution in [3.8, 4) is 0 Å². The molecule has 1 aliphatic heterocycles. The van der Waals surface area contributed by atoms with E-state index in [1.165, 1.54) is 0 Å². The normalized spacial score (nSPS) is 25.9. The van der Waals surface area contributed by atoms with Crippen LogP contribution in [0, 0.1) is 0 Å². The monoisotopic (exact) mass is 225 g/mol. The maximum Gasteiger partial charge on any atom is 0.243 e. The summed E-state index contributed by atoms with van der Waals surface area (Å²) in [5.74, 6) is 1.25. The average Bonchev–Trinajstić information content (AvgIpc) is 2.70. The van der Waals surface area contributed by atoms with Crippen LogP contribution in [0.15, 0.2) is 4.52 Å². The molecular weight excluding hydrogens is 206 g/mol. The van der Waals surface area contributed by atoms with Crippen LogP contribution in [0.4, 0.5) is 0 Å². The number of piperazine rings is 1. The average molecular weight is 225 g/mol. The zero-order valence-electron chi connectivity index (χ0n) is 10.1. The fourth-order valence-electron chi connectivity index (χ4n) is 1.86. The first-order valence-corrected chi connectivity index (χ1v) is 5.56. The molecule has 1 aliphatic rings. The van der Waals surface area contributed by atoms with E-state index in [2.05, 4.69) is 34.0 Å². The lowest BCUT2D eigenvalue weighted by molar-refractivity contribution is 0.108. The van der Waals surface area contributed by atoms with Gasteiger partial charge in [0.05, 0.1) is 12.1 Å². The van der Waals surface area contributed by atoms with Gasteiger partial charge in [-0.15, -0.1) is 0 Å². The summed E-state index contributed by atoms with van der Waals surface area (Å²) in [6.45, 7) is 4.86. The van der Waals surface area contributed by atoms with Gasteiger partial charge in [-0.3, -0.25) is 4.90 Å². The Hall–Kier alpha value is -0.980. The molecule has 1 fully saturated rings. The first-order chi connectivity index (χ1) is 7.58. The third kappa shape index (κ3) is 2.23. The Morgan fingerprint density at radius 1 is 1.44 bits per heavy atom. The Balaban J connectivity index is 2.15. The quantitative estimate of drug-likeness (QED) is 0.764. The Morgan fingerprint density at radius 3 is 2.81 bits per heavy atom. The number of hydrogen-bond acceptors (Lipinski definition) is 6. The molecule has 0 aliphatic carbocycles. The number of likely N-dealkylation sites (N-methyl/N-ethyl adjacent to an activating group) is 2. The smallest absolute Gasteiger partial charge is 0.243 e. The molecule has 1 saturated heterocycles. The third-order valence-electron chi connectivity index (χ3n) is 3.00. The predicted octanol–water partition coefficient (Wildman–Crippen LogP) is 0.00760. The number of hydrogen-bond donors (Lipinski definition) is 1. The van der Waals surface area contributed by atoms with Crippen molar-refractivity contribution in [1.29, 1.82) is 0 Å². The molecule has 2 N–H and O–H groups in total. The van der Waals surface area contributed by atoms with Gasteiger partial charge in [0.15, 0.2) is 5.82 Å². The van der Waals surface area contributed by atoms with Crippen molar-refractivity contribution >= 4 is 0 Å². The maximum absolute atomic E-state index is 5.70. The van der Waals surface area contributed by atoms with Crippen LogP contribution < -0.4 is 5.73 Å². The van der Waals surface area contributed by atoms with E-state index in [4.69, 9.17) is 10.3 Å². The molecule has 2 heterocycles. The van der Waals surface area contributed by atoms with Crippen LogP contribution in [0.2, 0.25) is 0 Å². The highest BCUT2D eigenvalue weighted by Crippen LogP contribution is 2.21. The van der Waals surface area contributed by atoms with Crippen molar-refractivity contribution < 1.29 is 4.52 Å². The first-order valence-electron chi connectivity index (χ1n) is 5.56. The van der Waals surface area contributed by atoms with E-state index in [0.29, 0.717) is 5.89 Å². The second kappa shape index (κ2) is 4.48. The fourth-order valence-corrected chi connectivity index (χ4v) is 1.86. The molecule has 2 atom stereocenters. The standard InChI is InChI=1S/C10H19N5O/c1-7(11)10-12-9(13-16-10)8-6-14(2)4-5-15(8)3/h7-8H,4-6,11H2,1-3H3. The topological polar surface area (TPSA) is 71.4 Å². The molecular formula is C10H19N5O. The third-order valence-corrected chi connectivity index (χ3v) is 3.00. The summed E-state index contributed by atoms with van der Waals surface area (Å²) in [5, 5.41) is 4.01. The van der Waals surface area contributed by atoms with Crippen LogP contribution in [-0.2, 0) is 0 Å². The number of rotatable bonds is 2. The highest BCUT2D eigenvalue weighted by molar-refractivity contribution is 4.99. The van der Waals surface area contributed by atoms with Crippen molar-refractivity contribution in [3.05, 3.63) is 11.7 Å². The molecule has 1 aromatic heterocycles.